The molecular formula is C20H23NO6. The second-order valence-electron chi connectivity index (χ2n) is 7.13. The number of nitro groups is 1. The minimum absolute atomic E-state index is 0.0594. The molecule has 7 heteroatoms. The first-order valence-electron chi connectivity index (χ1n) is 8.38. The van der Waals surface area contributed by atoms with Crippen LogP contribution in [0.3, 0.4) is 0 Å². The molecule has 1 unspecified atom stereocenters. The van der Waals surface area contributed by atoms with Crippen molar-refractivity contribution < 1.29 is 24.3 Å². The number of benzene rings is 2. The third-order valence-electron chi connectivity index (χ3n) is 3.96. The molecule has 1 atom stereocenters. The van der Waals surface area contributed by atoms with Gasteiger partial charge in [0.1, 0.15) is 5.75 Å². The minimum atomic E-state index is -1.06. The highest BCUT2D eigenvalue weighted by molar-refractivity contribution is 5.84. The predicted molar refractivity (Wildman–Crippen MR) is 101 cm³/mol. The maximum Gasteiger partial charge on any atom is 0.339 e. The van der Waals surface area contributed by atoms with Crippen LogP contribution in [0, 0.1) is 17.0 Å². The molecule has 2 aromatic rings. The Kier molecular flexibility index (Phi) is 5.85. The van der Waals surface area contributed by atoms with Crippen LogP contribution >= 0.6 is 0 Å². The number of aromatic hydroxyl groups is 1. The van der Waals surface area contributed by atoms with E-state index in [0.717, 1.165) is 5.56 Å². The van der Waals surface area contributed by atoms with Gasteiger partial charge in [-0.1, -0.05) is 6.07 Å². The zero-order valence-electron chi connectivity index (χ0n) is 16.0. The van der Waals surface area contributed by atoms with Gasteiger partial charge in [0, 0.05) is 23.3 Å². The van der Waals surface area contributed by atoms with Gasteiger partial charge in [-0.3, -0.25) is 10.1 Å². The third kappa shape index (κ3) is 4.62. The number of hydrogen-bond donors (Lipinski definition) is 1. The molecular weight excluding hydrogens is 350 g/mol. The zero-order valence-corrected chi connectivity index (χ0v) is 16.0. The molecule has 2 aromatic carbocycles. The molecule has 0 bridgehead atoms. The van der Waals surface area contributed by atoms with Crippen LogP contribution in [0.2, 0.25) is 0 Å². The lowest BCUT2D eigenvalue weighted by Crippen LogP contribution is -2.29. The average Bonchev–Trinajstić information content (AvgIpc) is 2.60. The van der Waals surface area contributed by atoms with Crippen molar-refractivity contribution in [1.82, 2.24) is 0 Å². The number of aryl methyl sites for hydroxylation is 1. The Morgan fingerprint density at radius 3 is 2.22 bits per heavy atom. The van der Waals surface area contributed by atoms with Gasteiger partial charge in [0.15, 0.2) is 6.10 Å². The Balaban J connectivity index is 2.70. The van der Waals surface area contributed by atoms with Gasteiger partial charge in [0.2, 0.25) is 0 Å². The Hall–Kier alpha value is -2.93. The van der Waals surface area contributed by atoms with Gasteiger partial charge < -0.3 is 14.6 Å². The van der Waals surface area contributed by atoms with E-state index in [-0.39, 0.29) is 11.4 Å². The molecule has 0 fully saturated rings. The summed E-state index contributed by atoms with van der Waals surface area (Å²) in [5, 5.41) is 21.4. The number of nitro benzene ring substituents is 1. The normalized spacial score (nSPS) is 12.5. The third-order valence-corrected chi connectivity index (χ3v) is 3.96. The van der Waals surface area contributed by atoms with E-state index in [9.17, 15) is 20.0 Å². The Morgan fingerprint density at radius 2 is 1.74 bits per heavy atom. The van der Waals surface area contributed by atoms with Crippen molar-refractivity contribution in [3.63, 3.8) is 0 Å². The van der Waals surface area contributed by atoms with Crippen molar-refractivity contribution in [2.45, 2.75) is 39.4 Å². The largest absolute Gasteiger partial charge is 0.507 e. The highest BCUT2D eigenvalue weighted by Gasteiger charge is 2.32. The highest BCUT2D eigenvalue weighted by atomic mass is 16.6. The maximum absolute atomic E-state index is 12.5. The summed E-state index contributed by atoms with van der Waals surface area (Å²) in [5.41, 5.74) is 1.38. The first-order valence-corrected chi connectivity index (χ1v) is 8.38. The standard InChI is InChI=1S/C20H23NO6/c1-12-6-11-15(22)17(13-7-9-14(10-8-13)21(24)25)16(12)18(19(23)26-5)27-20(2,3)4/h6-11,18,22H,1-5H3. The van der Waals surface area contributed by atoms with Crippen molar-refractivity contribution in [3.05, 3.63) is 57.6 Å². The number of hydrogen-bond acceptors (Lipinski definition) is 6. The van der Waals surface area contributed by atoms with Crippen LogP contribution in [0.15, 0.2) is 36.4 Å². The topological polar surface area (TPSA) is 98.9 Å². The second kappa shape index (κ2) is 7.75. The predicted octanol–water partition coefficient (Wildman–Crippen LogP) is 4.31. The van der Waals surface area contributed by atoms with E-state index in [4.69, 9.17) is 9.47 Å². The molecule has 27 heavy (non-hydrogen) atoms. The molecule has 2 rings (SSSR count). The lowest BCUT2D eigenvalue weighted by molar-refractivity contribution is -0.384. The van der Waals surface area contributed by atoms with Crippen molar-refractivity contribution in [1.29, 1.82) is 0 Å². The van der Waals surface area contributed by atoms with E-state index in [1.54, 1.807) is 13.0 Å². The van der Waals surface area contributed by atoms with Crippen LogP contribution in [0.4, 0.5) is 5.69 Å². The summed E-state index contributed by atoms with van der Waals surface area (Å²) in [5.74, 6) is -0.655. The Labute approximate surface area is 157 Å². The van der Waals surface area contributed by atoms with Gasteiger partial charge in [0.25, 0.3) is 5.69 Å². The van der Waals surface area contributed by atoms with Crippen LogP contribution in [-0.4, -0.2) is 28.7 Å². The minimum Gasteiger partial charge on any atom is -0.507 e. The number of methoxy groups -OCH3 is 1. The Morgan fingerprint density at radius 1 is 1.15 bits per heavy atom. The molecule has 0 aliphatic carbocycles. The zero-order chi connectivity index (χ0) is 20.4. The van der Waals surface area contributed by atoms with E-state index in [1.807, 2.05) is 20.8 Å². The summed E-state index contributed by atoms with van der Waals surface area (Å²) in [7, 11) is 1.27. The number of phenols is 1. The fourth-order valence-electron chi connectivity index (χ4n) is 2.79. The number of ether oxygens (including phenoxy) is 2. The number of esters is 1. The van der Waals surface area contributed by atoms with E-state index in [0.29, 0.717) is 16.7 Å². The fraction of sp³-hybridized carbons (Fsp3) is 0.350. The number of rotatable bonds is 5. The molecule has 0 saturated carbocycles. The van der Waals surface area contributed by atoms with Crippen molar-refractivity contribution >= 4 is 11.7 Å². The number of phenolic OH excluding ortho intramolecular Hbond substituents is 1. The van der Waals surface area contributed by atoms with E-state index in [2.05, 4.69) is 0 Å². The number of carbonyl (C=O) groups is 1. The van der Waals surface area contributed by atoms with Gasteiger partial charge >= 0.3 is 5.97 Å². The van der Waals surface area contributed by atoms with Crippen LogP contribution in [0.25, 0.3) is 11.1 Å². The number of nitrogens with zero attached hydrogens (tertiary/aromatic N) is 1. The highest BCUT2D eigenvalue weighted by Crippen LogP contribution is 2.41. The summed E-state index contributed by atoms with van der Waals surface area (Å²) in [6.45, 7) is 7.23. The molecule has 0 aliphatic rings. The van der Waals surface area contributed by atoms with Gasteiger partial charge in [-0.05, 0) is 57.0 Å². The molecule has 1 N–H and O–H groups in total. The lowest BCUT2D eigenvalue weighted by Gasteiger charge is -2.29. The van der Waals surface area contributed by atoms with Gasteiger partial charge in [0.05, 0.1) is 17.6 Å². The first-order chi connectivity index (χ1) is 12.5. The lowest BCUT2D eigenvalue weighted by atomic mass is 9.91. The summed E-state index contributed by atoms with van der Waals surface area (Å²) >= 11 is 0. The van der Waals surface area contributed by atoms with Crippen molar-refractivity contribution in [2.24, 2.45) is 0 Å². The summed E-state index contributed by atoms with van der Waals surface area (Å²) < 4.78 is 10.9. The first kappa shape index (κ1) is 20.4. The molecule has 0 amide bonds. The molecule has 0 spiro atoms. The van der Waals surface area contributed by atoms with Crippen LogP contribution in [0.5, 0.6) is 5.75 Å². The fourth-order valence-corrected chi connectivity index (χ4v) is 2.79. The average molecular weight is 373 g/mol. The molecule has 7 nitrogen and oxygen atoms in total. The summed E-state index contributed by atoms with van der Waals surface area (Å²) in [6, 6.07) is 8.95. The Bertz CT molecular complexity index is 852. The summed E-state index contributed by atoms with van der Waals surface area (Å²) in [4.78, 5) is 22.9. The van der Waals surface area contributed by atoms with Crippen molar-refractivity contribution in [2.75, 3.05) is 7.11 Å². The molecule has 0 aromatic heterocycles. The smallest absolute Gasteiger partial charge is 0.339 e. The number of carbonyl (C=O) groups excluding carboxylic acids is 1. The molecule has 0 aliphatic heterocycles. The van der Waals surface area contributed by atoms with E-state index >= 15 is 0 Å². The van der Waals surface area contributed by atoms with Gasteiger partial charge in [-0.2, -0.15) is 0 Å². The number of non-ortho nitro benzene ring substituents is 1. The monoisotopic (exact) mass is 373 g/mol. The maximum atomic E-state index is 12.5. The van der Waals surface area contributed by atoms with Crippen LogP contribution < -0.4 is 0 Å². The molecule has 0 radical (unpaired) electrons. The molecule has 0 heterocycles. The van der Waals surface area contributed by atoms with Crippen LogP contribution in [0.1, 0.15) is 38.0 Å². The quantitative estimate of drug-likeness (QED) is 0.476. The second-order valence-corrected chi connectivity index (χ2v) is 7.13. The van der Waals surface area contributed by atoms with E-state index in [1.165, 1.54) is 37.4 Å². The van der Waals surface area contributed by atoms with Gasteiger partial charge in [-0.15, -0.1) is 0 Å². The molecule has 0 saturated heterocycles. The van der Waals surface area contributed by atoms with Crippen LogP contribution in [-0.2, 0) is 14.3 Å². The summed E-state index contributed by atoms with van der Waals surface area (Å²) in [6.07, 6.45) is -1.06. The van der Waals surface area contributed by atoms with Crippen molar-refractivity contribution in [3.8, 4) is 16.9 Å². The molecule has 144 valence electrons. The van der Waals surface area contributed by atoms with E-state index < -0.39 is 22.6 Å². The SMILES string of the molecule is COC(=O)C(OC(C)(C)C)c1c(C)ccc(O)c1-c1ccc([N+](=O)[O-])cc1. The van der Waals surface area contributed by atoms with Gasteiger partial charge in [-0.25, -0.2) is 4.79 Å².